The van der Waals surface area contributed by atoms with E-state index in [1.54, 1.807) is 25.1 Å². The molecule has 30 heavy (non-hydrogen) atoms. The second-order valence-electron chi connectivity index (χ2n) is 6.29. The molecule has 0 bridgehead atoms. The Morgan fingerprint density at radius 1 is 1.13 bits per heavy atom. The van der Waals surface area contributed by atoms with E-state index in [0.717, 1.165) is 11.6 Å². The van der Waals surface area contributed by atoms with Crippen LogP contribution in [-0.4, -0.2) is 23.0 Å². The average Bonchev–Trinajstić information content (AvgIpc) is 3.43. The number of aryl methyl sites for hydroxylation is 1. The number of rotatable bonds is 6. The maximum Gasteiger partial charge on any atom is 0.283 e. The van der Waals surface area contributed by atoms with Crippen LogP contribution in [0.5, 0.6) is 5.75 Å². The number of carbonyl (C=O) groups is 1. The zero-order chi connectivity index (χ0) is 21.1. The molecule has 4 rings (SSSR count). The Balaban J connectivity index is 1.62. The van der Waals surface area contributed by atoms with Gasteiger partial charge in [0, 0.05) is 5.56 Å². The number of furan rings is 1. The van der Waals surface area contributed by atoms with Gasteiger partial charge < -0.3 is 18.9 Å². The van der Waals surface area contributed by atoms with Crippen molar-refractivity contribution in [2.45, 2.75) is 6.92 Å². The fraction of sp³-hybridized carbons (Fsp3) is 0.0952. The van der Waals surface area contributed by atoms with E-state index in [2.05, 4.69) is 15.5 Å². The summed E-state index contributed by atoms with van der Waals surface area (Å²) in [6.07, 6.45) is 1.47. The molecule has 9 heteroatoms. The van der Waals surface area contributed by atoms with Gasteiger partial charge in [0.2, 0.25) is 12.8 Å². The molecule has 2 aromatic carbocycles. The normalized spacial score (nSPS) is 10.8. The summed E-state index contributed by atoms with van der Waals surface area (Å²) >= 11 is 0. The quantitative estimate of drug-likeness (QED) is 0.480. The molecule has 152 valence electrons. The van der Waals surface area contributed by atoms with Crippen LogP contribution in [0.15, 0.2) is 63.6 Å². The number of hydrogen-bond donors (Lipinski definition) is 1. The van der Waals surface area contributed by atoms with Gasteiger partial charge in [-0.15, -0.1) is 10.2 Å². The monoisotopic (exact) mass is 411 g/mol. The summed E-state index contributed by atoms with van der Waals surface area (Å²) in [6, 6.07) is 12.0. The lowest BCUT2D eigenvalue weighted by Gasteiger charge is -2.11. The second kappa shape index (κ2) is 8.16. The first-order chi connectivity index (χ1) is 14.5. The first-order valence-electron chi connectivity index (χ1n) is 8.83. The van der Waals surface area contributed by atoms with Gasteiger partial charge in [-0.25, -0.2) is 8.78 Å². The van der Waals surface area contributed by atoms with E-state index in [-0.39, 0.29) is 28.8 Å². The predicted molar refractivity (Wildman–Crippen MR) is 103 cm³/mol. The Morgan fingerprint density at radius 2 is 1.97 bits per heavy atom. The number of nitrogens with one attached hydrogen (secondary N) is 1. The molecule has 0 saturated carbocycles. The molecule has 7 nitrogen and oxygen atoms in total. The number of amides is 1. The van der Waals surface area contributed by atoms with Crippen LogP contribution in [0.2, 0.25) is 0 Å². The van der Waals surface area contributed by atoms with Crippen LogP contribution in [0.1, 0.15) is 15.9 Å². The lowest BCUT2D eigenvalue weighted by molar-refractivity contribution is 0.101. The summed E-state index contributed by atoms with van der Waals surface area (Å²) in [5.74, 6) is -0.591. The molecule has 0 spiro atoms. The van der Waals surface area contributed by atoms with Crippen molar-refractivity contribution in [2.24, 2.45) is 0 Å². The minimum atomic E-state index is -1.09. The van der Waals surface area contributed by atoms with Crippen molar-refractivity contribution in [3.63, 3.8) is 0 Å². The van der Waals surface area contributed by atoms with Crippen LogP contribution in [0.25, 0.3) is 23.1 Å². The summed E-state index contributed by atoms with van der Waals surface area (Å²) in [7, 11) is 0. The van der Waals surface area contributed by atoms with Gasteiger partial charge in [-0.3, -0.25) is 4.79 Å². The zero-order valence-electron chi connectivity index (χ0n) is 15.7. The molecule has 0 aliphatic rings. The Morgan fingerprint density at radius 3 is 2.73 bits per heavy atom. The van der Waals surface area contributed by atoms with Crippen molar-refractivity contribution in [3.05, 3.63) is 71.7 Å². The third kappa shape index (κ3) is 3.90. The van der Waals surface area contributed by atoms with Crippen molar-refractivity contribution in [1.82, 2.24) is 10.2 Å². The summed E-state index contributed by atoms with van der Waals surface area (Å²) in [5, 5.41) is 10.3. The number of carbonyl (C=O) groups excluding carboxylic acids is 1. The Labute approximate surface area is 169 Å². The van der Waals surface area contributed by atoms with Gasteiger partial charge in [0.25, 0.3) is 11.8 Å². The Kier molecular flexibility index (Phi) is 5.25. The SMILES string of the molecule is Cc1ccc(OCF)c(C(=O)Nc2cc(-c3nnc(-c4ccco4)o3)ccc2F)c1. The fourth-order valence-electron chi connectivity index (χ4n) is 2.79. The average molecular weight is 411 g/mol. The third-order valence-corrected chi connectivity index (χ3v) is 4.21. The molecule has 1 amide bonds. The molecule has 0 fully saturated rings. The van der Waals surface area contributed by atoms with Crippen LogP contribution >= 0.6 is 0 Å². The van der Waals surface area contributed by atoms with Crippen LogP contribution in [-0.2, 0) is 0 Å². The van der Waals surface area contributed by atoms with Gasteiger partial charge in [0.05, 0.1) is 17.5 Å². The number of halogens is 2. The molecule has 2 aromatic heterocycles. The molecular weight excluding hydrogens is 396 g/mol. The molecule has 0 saturated heterocycles. The maximum atomic E-state index is 14.3. The number of ether oxygens (including phenoxy) is 1. The van der Waals surface area contributed by atoms with Gasteiger partial charge in [0.1, 0.15) is 11.6 Å². The van der Waals surface area contributed by atoms with E-state index < -0.39 is 18.6 Å². The van der Waals surface area contributed by atoms with Crippen LogP contribution in [0.4, 0.5) is 14.5 Å². The van der Waals surface area contributed by atoms with Crippen molar-refractivity contribution in [1.29, 1.82) is 0 Å². The highest BCUT2D eigenvalue weighted by molar-refractivity contribution is 6.06. The highest BCUT2D eigenvalue weighted by Gasteiger charge is 2.18. The smallest absolute Gasteiger partial charge is 0.283 e. The lowest BCUT2D eigenvalue weighted by Crippen LogP contribution is -2.15. The minimum absolute atomic E-state index is 0.0529. The Hall–Kier alpha value is -4.01. The molecular formula is C21H15F2N3O4. The summed E-state index contributed by atoms with van der Waals surface area (Å²) in [6.45, 7) is 0.672. The third-order valence-electron chi connectivity index (χ3n) is 4.21. The zero-order valence-corrected chi connectivity index (χ0v) is 15.7. The first-order valence-corrected chi connectivity index (χ1v) is 8.83. The van der Waals surface area contributed by atoms with Crippen molar-refractivity contribution < 1.29 is 27.1 Å². The first kappa shape index (κ1) is 19.3. The maximum absolute atomic E-state index is 14.3. The molecule has 0 aliphatic heterocycles. The molecule has 4 aromatic rings. The standard InChI is InChI=1S/C21H15F2N3O4/c1-12-4-7-17(29-11-22)14(9-12)19(27)24-16-10-13(5-6-15(16)23)20-25-26-21(30-20)18-3-2-8-28-18/h2-10H,11H2,1H3,(H,24,27). The van der Waals surface area contributed by atoms with Crippen LogP contribution < -0.4 is 10.1 Å². The summed E-state index contributed by atoms with van der Waals surface area (Å²) in [4.78, 5) is 12.7. The fourth-order valence-corrected chi connectivity index (χ4v) is 2.79. The second-order valence-corrected chi connectivity index (χ2v) is 6.29. The molecule has 0 unspecified atom stereocenters. The highest BCUT2D eigenvalue weighted by Crippen LogP contribution is 2.28. The van der Waals surface area contributed by atoms with E-state index in [0.29, 0.717) is 11.3 Å². The van der Waals surface area contributed by atoms with E-state index in [9.17, 15) is 13.6 Å². The van der Waals surface area contributed by atoms with E-state index >= 15 is 0 Å². The molecule has 0 radical (unpaired) electrons. The molecule has 2 heterocycles. The molecule has 1 N–H and O–H groups in total. The van der Waals surface area contributed by atoms with E-state index in [1.807, 2.05) is 0 Å². The largest absolute Gasteiger partial charge is 0.462 e. The van der Waals surface area contributed by atoms with Crippen LogP contribution in [0, 0.1) is 12.7 Å². The van der Waals surface area contributed by atoms with Crippen molar-refractivity contribution >= 4 is 11.6 Å². The van der Waals surface area contributed by atoms with Gasteiger partial charge in [-0.2, -0.15) is 0 Å². The number of aromatic nitrogens is 2. The van der Waals surface area contributed by atoms with Gasteiger partial charge in [-0.1, -0.05) is 11.6 Å². The highest BCUT2D eigenvalue weighted by atomic mass is 19.1. The number of anilines is 1. The van der Waals surface area contributed by atoms with Crippen molar-refractivity contribution in [3.8, 4) is 28.9 Å². The molecule has 0 aliphatic carbocycles. The van der Waals surface area contributed by atoms with Gasteiger partial charge >= 0.3 is 0 Å². The lowest BCUT2D eigenvalue weighted by atomic mass is 10.1. The van der Waals surface area contributed by atoms with Crippen molar-refractivity contribution in [2.75, 3.05) is 12.2 Å². The number of benzene rings is 2. The van der Waals surface area contributed by atoms with E-state index in [1.165, 1.54) is 30.5 Å². The van der Waals surface area contributed by atoms with E-state index in [4.69, 9.17) is 13.6 Å². The summed E-state index contributed by atoms with van der Waals surface area (Å²) < 4.78 is 42.5. The number of hydrogen-bond acceptors (Lipinski definition) is 6. The minimum Gasteiger partial charge on any atom is -0.462 e. The number of alkyl halides is 1. The molecule has 0 atom stereocenters. The van der Waals surface area contributed by atoms with Gasteiger partial charge in [0.15, 0.2) is 5.76 Å². The topological polar surface area (TPSA) is 90.4 Å². The Bertz CT molecular complexity index is 1190. The predicted octanol–water partition coefficient (Wildman–Crippen LogP) is 5.00. The van der Waals surface area contributed by atoms with Crippen LogP contribution in [0.3, 0.4) is 0 Å². The number of nitrogens with zero attached hydrogens (tertiary/aromatic N) is 2. The van der Waals surface area contributed by atoms with Gasteiger partial charge in [-0.05, 0) is 49.4 Å². The summed E-state index contributed by atoms with van der Waals surface area (Å²) in [5.41, 5.74) is 1.12.